The third-order valence-corrected chi connectivity index (χ3v) is 2.91. The Morgan fingerprint density at radius 1 is 1.47 bits per heavy atom. The Labute approximate surface area is 101 Å². The van der Waals surface area contributed by atoms with Crippen LogP contribution in [0.25, 0.3) is 0 Å². The van der Waals surface area contributed by atoms with Gasteiger partial charge in [-0.1, -0.05) is 30.3 Å². The first kappa shape index (κ1) is 11.9. The van der Waals surface area contributed by atoms with Crippen molar-refractivity contribution in [1.82, 2.24) is 5.32 Å². The number of carbonyl (C=O) groups excluding carboxylic acids is 1. The van der Waals surface area contributed by atoms with E-state index in [1.54, 1.807) is 6.92 Å². The molecule has 1 aliphatic carbocycles. The molecule has 2 N–H and O–H groups in total. The number of nitrogens with one attached hydrogen (secondary N) is 1. The van der Waals surface area contributed by atoms with Crippen molar-refractivity contribution in [2.24, 2.45) is 0 Å². The average molecular weight is 235 g/mol. The van der Waals surface area contributed by atoms with Crippen LogP contribution in [0.3, 0.4) is 0 Å². The number of carbonyl (C=O) groups is 1. The van der Waals surface area contributed by atoms with Crippen LogP contribution >= 0.6 is 0 Å². The monoisotopic (exact) mass is 235 g/mol. The minimum Gasteiger partial charge on any atom is -0.445 e. The molecule has 1 fully saturated rings. The second-order valence-electron chi connectivity index (χ2n) is 4.81. The fourth-order valence-electron chi connectivity index (χ4n) is 2.04. The van der Waals surface area contributed by atoms with E-state index in [4.69, 9.17) is 4.74 Å². The van der Waals surface area contributed by atoms with Gasteiger partial charge in [-0.25, -0.2) is 4.79 Å². The highest BCUT2D eigenvalue weighted by molar-refractivity contribution is 5.67. The van der Waals surface area contributed by atoms with Gasteiger partial charge in [-0.15, -0.1) is 0 Å². The zero-order valence-corrected chi connectivity index (χ0v) is 9.85. The Morgan fingerprint density at radius 3 is 2.71 bits per heavy atom. The van der Waals surface area contributed by atoms with Gasteiger partial charge in [-0.3, -0.25) is 0 Å². The molecule has 1 amide bonds. The molecular formula is C13H17NO3. The summed E-state index contributed by atoms with van der Waals surface area (Å²) in [5, 5.41) is 12.2. The van der Waals surface area contributed by atoms with Gasteiger partial charge in [0.05, 0.1) is 5.60 Å². The van der Waals surface area contributed by atoms with E-state index in [9.17, 15) is 9.90 Å². The maximum Gasteiger partial charge on any atom is 0.407 e. The second kappa shape index (κ2) is 4.75. The quantitative estimate of drug-likeness (QED) is 0.840. The topological polar surface area (TPSA) is 58.6 Å². The van der Waals surface area contributed by atoms with Gasteiger partial charge in [0.25, 0.3) is 0 Å². The van der Waals surface area contributed by atoms with Crippen molar-refractivity contribution < 1.29 is 14.6 Å². The maximum atomic E-state index is 11.4. The molecule has 0 aliphatic heterocycles. The van der Waals surface area contributed by atoms with Crippen LogP contribution in [0.5, 0.6) is 0 Å². The minimum atomic E-state index is -0.628. The summed E-state index contributed by atoms with van der Waals surface area (Å²) < 4.78 is 5.07. The van der Waals surface area contributed by atoms with Gasteiger partial charge in [-0.05, 0) is 25.3 Å². The number of amides is 1. The first-order chi connectivity index (χ1) is 8.05. The first-order valence-corrected chi connectivity index (χ1v) is 5.75. The summed E-state index contributed by atoms with van der Waals surface area (Å²) in [6, 6.07) is 9.57. The van der Waals surface area contributed by atoms with Crippen molar-refractivity contribution >= 4 is 6.09 Å². The zero-order chi connectivity index (χ0) is 12.3. The Balaban J connectivity index is 1.69. The summed E-state index contributed by atoms with van der Waals surface area (Å²) in [6.07, 6.45) is 0.760. The van der Waals surface area contributed by atoms with Gasteiger partial charge in [0.1, 0.15) is 6.61 Å². The summed E-state index contributed by atoms with van der Waals surface area (Å²) >= 11 is 0. The van der Waals surface area contributed by atoms with Crippen LogP contribution < -0.4 is 5.32 Å². The average Bonchev–Trinajstić information content (AvgIpc) is 2.25. The van der Waals surface area contributed by atoms with Gasteiger partial charge < -0.3 is 15.2 Å². The van der Waals surface area contributed by atoms with Crippen molar-refractivity contribution in [3.63, 3.8) is 0 Å². The molecular weight excluding hydrogens is 218 g/mol. The maximum absolute atomic E-state index is 11.4. The summed E-state index contributed by atoms with van der Waals surface area (Å²) in [7, 11) is 0. The number of hydrogen-bond acceptors (Lipinski definition) is 3. The summed E-state index contributed by atoms with van der Waals surface area (Å²) in [5.41, 5.74) is 0.334. The fraction of sp³-hybridized carbons (Fsp3) is 0.462. The van der Waals surface area contributed by atoms with Gasteiger partial charge in [0, 0.05) is 6.04 Å². The van der Waals surface area contributed by atoms with Gasteiger partial charge in [0.2, 0.25) is 0 Å². The van der Waals surface area contributed by atoms with Crippen molar-refractivity contribution in [1.29, 1.82) is 0 Å². The smallest absolute Gasteiger partial charge is 0.407 e. The van der Waals surface area contributed by atoms with Crippen LogP contribution in [-0.4, -0.2) is 22.8 Å². The molecule has 2 rings (SSSR count). The minimum absolute atomic E-state index is 0.0354. The standard InChI is InChI=1S/C13H17NO3/c1-13(16)7-11(8-13)14-12(15)17-9-10-5-3-2-4-6-10/h2-6,11,16H,7-9H2,1H3,(H,14,15)/t11-,13+. The number of hydrogen-bond donors (Lipinski definition) is 2. The SMILES string of the molecule is C[C@]1(O)C[C@@H](NC(=O)OCc2ccccc2)C1. The molecule has 1 aromatic rings. The highest BCUT2D eigenvalue weighted by Crippen LogP contribution is 2.31. The second-order valence-corrected chi connectivity index (χ2v) is 4.81. The highest BCUT2D eigenvalue weighted by Gasteiger charge is 2.39. The van der Waals surface area contributed by atoms with Crippen molar-refractivity contribution in [3.8, 4) is 0 Å². The molecule has 0 bridgehead atoms. The van der Waals surface area contributed by atoms with Crippen LogP contribution in [0.1, 0.15) is 25.3 Å². The van der Waals surface area contributed by atoms with Crippen molar-refractivity contribution in [2.45, 2.75) is 38.0 Å². The lowest BCUT2D eigenvalue weighted by Crippen LogP contribution is -2.53. The molecule has 0 spiro atoms. The van der Waals surface area contributed by atoms with E-state index in [2.05, 4.69) is 5.32 Å². The summed E-state index contributed by atoms with van der Waals surface area (Å²) in [6.45, 7) is 2.04. The van der Waals surface area contributed by atoms with Crippen LogP contribution in [0.15, 0.2) is 30.3 Å². The molecule has 1 saturated carbocycles. The Morgan fingerprint density at radius 2 is 2.12 bits per heavy atom. The number of benzene rings is 1. The molecule has 1 aliphatic rings. The molecule has 92 valence electrons. The molecule has 1 aromatic carbocycles. The van der Waals surface area contributed by atoms with E-state index < -0.39 is 11.7 Å². The summed E-state index contributed by atoms with van der Waals surface area (Å²) in [5.74, 6) is 0. The van der Waals surface area contributed by atoms with Crippen LogP contribution in [0, 0.1) is 0 Å². The van der Waals surface area contributed by atoms with E-state index in [0.717, 1.165) is 5.56 Å². The van der Waals surface area contributed by atoms with E-state index in [1.807, 2.05) is 30.3 Å². The first-order valence-electron chi connectivity index (χ1n) is 5.75. The van der Waals surface area contributed by atoms with E-state index in [0.29, 0.717) is 12.8 Å². The molecule has 17 heavy (non-hydrogen) atoms. The fourth-order valence-corrected chi connectivity index (χ4v) is 2.04. The molecule has 0 atom stereocenters. The largest absolute Gasteiger partial charge is 0.445 e. The van der Waals surface area contributed by atoms with Gasteiger partial charge in [-0.2, -0.15) is 0 Å². The zero-order valence-electron chi connectivity index (χ0n) is 9.85. The molecule has 0 unspecified atom stereocenters. The van der Waals surface area contributed by atoms with E-state index >= 15 is 0 Å². The van der Waals surface area contributed by atoms with Crippen LogP contribution in [0.2, 0.25) is 0 Å². The van der Waals surface area contributed by atoms with E-state index in [1.165, 1.54) is 0 Å². The van der Waals surface area contributed by atoms with Crippen molar-refractivity contribution in [3.05, 3.63) is 35.9 Å². The molecule has 0 radical (unpaired) electrons. The Kier molecular flexibility index (Phi) is 3.33. The highest BCUT2D eigenvalue weighted by atomic mass is 16.5. The number of rotatable bonds is 3. The van der Waals surface area contributed by atoms with E-state index in [-0.39, 0.29) is 12.6 Å². The molecule has 0 heterocycles. The normalized spacial score (nSPS) is 27.1. The molecule has 0 aromatic heterocycles. The lowest BCUT2D eigenvalue weighted by atomic mass is 9.77. The predicted molar refractivity (Wildman–Crippen MR) is 63.4 cm³/mol. The van der Waals surface area contributed by atoms with Crippen molar-refractivity contribution in [2.75, 3.05) is 0 Å². The predicted octanol–water partition coefficient (Wildman–Crippen LogP) is 1.83. The van der Waals surface area contributed by atoms with Gasteiger partial charge >= 0.3 is 6.09 Å². The Bertz CT molecular complexity index is 381. The third kappa shape index (κ3) is 3.46. The third-order valence-electron chi connectivity index (χ3n) is 2.91. The number of aliphatic hydroxyl groups is 1. The number of ether oxygens (including phenoxy) is 1. The van der Waals surface area contributed by atoms with Gasteiger partial charge in [0.15, 0.2) is 0 Å². The lowest BCUT2D eigenvalue weighted by molar-refractivity contribution is -0.0381. The number of alkyl carbamates (subject to hydrolysis) is 1. The lowest BCUT2D eigenvalue weighted by Gasteiger charge is -2.40. The molecule has 0 saturated heterocycles. The molecule has 4 heteroatoms. The molecule has 4 nitrogen and oxygen atoms in total. The van der Waals surface area contributed by atoms with Crippen LogP contribution in [-0.2, 0) is 11.3 Å². The summed E-state index contributed by atoms with van der Waals surface area (Å²) in [4.78, 5) is 11.4. The van der Waals surface area contributed by atoms with Crippen LogP contribution in [0.4, 0.5) is 4.79 Å². The Hall–Kier alpha value is -1.55.